The highest BCUT2D eigenvalue weighted by atomic mass is 16.3. The molecular formula is C44H27NO2. The second-order valence-electron chi connectivity index (χ2n) is 12.1. The highest BCUT2D eigenvalue weighted by molar-refractivity contribution is 6.18. The van der Waals surface area contributed by atoms with Crippen molar-refractivity contribution in [2.24, 2.45) is 0 Å². The summed E-state index contributed by atoms with van der Waals surface area (Å²) in [6, 6.07) is 57.8. The van der Waals surface area contributed by atoms with Gasteiger partial charge in [-0.1, -0.05) is 121 Å². The molecular weight excluding hydrogens is 574 g/mol. The van der Waals surface area contributed by atoms with Gasteiger partial charge in [-0.05, 0) is 53.2 Å². The first-order valence-corrected chi connectivity index (χ1v) is 15.9. The minimum absolute atomic E-state index is 0.875. The molecule has 10 aromatic rings. The topological polar surface area (TPSA) is 29.5 Å². The molecule has 0 N–H and O–H groups in total. The van der Waals surface area contributed by atoms with Crippen LogP contribution in [0.5, 0.6) is 0 Å². The quantitative estimate of drug-likeness (QED) is 0.201. The van der Waals surface area contributed by atoms with Crippen LogP contribution in [0.3, 0.4) is 0 Å². The van der Waals surface area contributed by atoms with Crippen molar-refractivity contribution in [3.05, 3.63) is 164 Å². The van der Waals surface area contributed by atoms with Crippen molar-refractivity contribution in [1.29, 1.82) is 0 Å². The van der Waals surface area contributed by atoms with Crippen LogP contribution in [0.25, 0.3) is 76.5 Å². The van der Waals surface area contributed by atoms with Gasteiger partial charge in [0.1, 0.15) is 22.3 Å². The summed E-state index contributed by atoms with van der Waals surface area (Å²) < 4.78 is 13.1. The number of para-hydroxylation sites is 3. The number of rotatable bonds is 4. The molecule has 3 nitrogen and oxygen atoms in total. The van der Waals surface area contributed by atoms with E-state index in [2.05, 4.69) is 157 Å². The summed E-state index contributed by atoms with van der Waals surface area (Å²) in [6.45, 7) is 0. The molecule has 8 aromatic carbocycles. The Morgan fingerprint density at radius 2 is 0.957 bits per heavy atom. The van der Waals surface area contributed by atoms with E-state index in [1.165, 1.54) is 16.2 Å². The number of fused-ring (bicyclic) bond motifs is 9. The summed E-state index contributed by atoms with van der Waals surface area (Å²) in [5, 5.41) is 9.09. The lowest BCUT2D eigenvalue weighted by Crippen LogP contribution is -2.11. The lowest BCUT2D eigenvalue weighted by atomic mass is 9.98. The zero-order chi connectivity index (χ0) is 30.9. The Hall–Kier alpha value is -6.32. The van der Waals surface area contributed by atoms with Crippen LogP contribution < -0.4 is 4.90 Å². The molecule has 0 aliphatic rings. The van der Waals surface area contributed by atoms with Crippen LogP contribution >= 0.6 is 0 Å². The molecule has 0 aliphatic heterocycles. The fourth-order valence-corrected chi connectivity index (χ4v) is 7.30. The van der Waals surface area contributed by atoms with Crippen LogP contribution in [0.4, 0.5) is 17.1 Å². The summed E-state index contributed by atoms with van der Waals surface area (Å²) >= 11 is 0. The molecule has 47 heavy (non-hydrogen) atoms. The van der Waals surface area contributed by atoms with Gasteiger partial charge in [0.15, 0.2) is 0 Å². The average Bonchev–Trinajstić information content (AvgIpc) is 3.71. The molecule has 0 spiro atoms. The van der Waals surface area contributed by atoms with Crippen molar-refractivity contribution < 1.29 is 8.83 Å². The van der Waals surface area contributed by atoms with Crippen molar-refractivity contribution in [2.45, 2.75) is 0 Å². The van der Waals surface area contributed by atoms with E-state index >= 15 is 0 Å². The van der Waals surface area contributed by atoms with Crippen molar-refractivity contribution in [1.82, 2.24) is 0 Å². The molecule has 0 unspecified atom stereocenters. The van der Waals surface area contributed by atoms with E-state index < -0.39 is 0 Å². The third kappa shape index (κ3) is 3.93. The predicted molar refractivity (Wildman–Crippen MR) is 196 cm³/mol. The van der Waals surface area contributed by atoms with Gasteiger partial charge in [-0.15, -0.1) is 0 Å². The third-order valence-corrected chi connectivity index (χ3v) is 9.45. The Bertz CT molecular complexity index is 2820. The maximum atomic E-state index is 6.83. The van der Waals surface area contributed by atoms with Crippen LogP contribution in [-0.2, 0) is 0 Å². The molecule has 2 heterocycles. The second-order valence-corrected chi connectivity index (χ2v) is 12.1. The zero-order valence-electron chi connectivity index (χ0n) is 25.4. The van der Waals surface area contributed by atoms with Gasteiger partial charge in [0.05, 0.1) is 11.4 Å². The van der Waals surface area contributed by atoms with Gasteiger partial charge in [-0.2, -0.15) is 0 Å². The SMILES string of the molecule is c1ccc(N(c2ccc3oc4ccccc4c3c2)c2cccc3ccccc23)c(-c2cccc3c2oc2c4ccccc4ccc32)c1. The molecule has 0 atom stereocenters. The Morgan fingerprint density at radius 3 is 1.87 bits per heavy atom. The molecule has 0 aliphatic carbocycles. The van der Waals surface area contributed by atoms with Crippen LogP contribution in [0.2, 0.25) is 0 Å². The van der Waals surface area contributed by atoms with Gasteiger partial charge < -0.3 is 13.7 Å². The molecule has 10 rings (SSSR count). The normalized spacial score (nSPS) is 11.8. The summed E-state index contributed by atoms with van der Waals surface area (Å²) in [5.74, 6) is 0. The number of nitrogens with zero attached hydrogens (tertiary/aromatic N) is 1. The standard InChI is InChI=1S/C44H27NO2/c1-3-14-31-28(11-1)13-9-21-39(31)45(30-24-26-42-38(27-30)34-17-6-8-22-41(34)46-42)40-20-7-5-16-33(40)35-18-10-19-36-37-25-23-29-12-2-4-15-32(29)43(37)47-44(35)36/h1-27H. The lowest BCUT2D eigenvalue weighted by Gasteiger charge is -2.29. The molecule has 3 heteroatoms. The summed E-state index contributed by atoms with van der Waals surface area (Å²) in [5.41, 5.74) is 8.94. The van der Waals surface area contributed by atoms with E-state index in [0.29, 0.717) is 0 Å². The predicted octanol–water partition coefficient (Wildman–Crippen LogP) is 12.9. The van der Waals surface area contributed by atoms with Crippen molar-refractivity contribution >= 4 is 82.5 Å². The maximum absolute atomic E-state index is 6.83. The lowest BCUT2D eigenvalue weighted by molar-refractivity contribution is 0.669. The molecule has 220 valence electrons. The Labute approximate surface area is 270 Å². The number of furan rings is 2. The third-order valence-electron chi connectivity index (χ3n) is 9.45. The van der Waals surface area contributed by atoms with Crippen LogP contribution in [0, 0.1) is 0 Å². The van der Waals surface area contributed by atoms with E-state index in [9.17, 15) is 0 Å². The number of hydrogen-bond acceptors (Lipinski definition) is 3. The monoisotopic (exact) mass is 601 g/mol. The Morgan fingerprint density at radius 1 is 0.340 bits per heavy atom. The number of hydrogen-bond donors (Lipinski definition) is 0. The minimum Gasteiger partial charge on any atom is -0.456 e. The second kappa shape index (κ2) is 10.1. The van der Waals surface area contributed by atoms with E-state index in [1.54, 1.807) is 0 Å². The zero-order valence-corrected chi connectivity index (χ0v) is 25.4. The maximum Gasteiger partial charge on any atom is 0.143 e. The highest BCUT2D eigenvalue weighted by Gasteiger charge is 2.22. The molecule has 0 amide bonds. The Kier molecular flexibility index (Phi) is 5.57. The largest absolute Gasteiger partial charge is 0.456 e. The Balaban J connectivity index is 1.27. The minimum atomic E-state index is 0.875. The van der Waals surface area contributed by atoms with E-state index in [0.717, 1.165) is 77.5 Å². The molecule has 0 saturated heterocycles. The van der Waals surface area contributed by atoms with E-state index in [1.807, 2.05) is 12.1 Å². The van der Waals surface area contributed by atoms with Gasteiger partial charge in [-0.25, -0.2) is 0 Å². The molecule has 0 saturated carbocycles. The van der Waals surface area contributed by atoms with Crippen LogP contribution in [-0.4, -0.2) is 0 Å². The van der Waals surface area contributed by atoms with E-state index in [4.69, 9.17) is 8.83 Å². The van der Waals surface area contributed by atoms with Crippen LogP contribution in [0.15, 0.2) is 173 Å². The highest BCUT2D eigenvalue weighted by Crippen LogP contribution is 2.47. The molecule has 0 radical (unpaired) electrons. The first kappa shape index (κ1) is 26.0. The molecule has 0 bridgehead atoms. The summed E-state index contributed by atoms with van der Waals surface area (Å²) in [7, 11) is 0. The van der Waals surface area contributed by atoms with Gasteiger partial charge in [0, 0.05) is 49.1 Å². The number of anilines is 3. The van der Waals surface area contributed by atoms with Crippen molar-refractivity contribution in [2.75, 3.05) is 4.90 Å². The smallest absolute Gasteiger partial charge is 0.143 e. The van der Waals surface area contributed by atoms with Gasteiger partial charge in [-0.3, -0.25) is 0 Å². The summed E-state index contributed by atoms with van der Waals surface area (Å²) in [6.07, 6.45) is 0. The van der Waals surface area contributed by atoms with Gasteiger partial charge >= 0.3 is 0 Å². The summed E-state index contributed by atoms with van der Waals surface area (Å²) in [4.78, 5) is 2.38. The van der Waals surface area contributed by atoms with E-state index in [-0.39, 0.29) is 0 Å². The van der Waals surface area contributed by atoms with Crippen molar-refractivity contribution in [3.8, 4) is 11.1 Å². The average molecular weight is 602 g/mol. The first-order chi connectivity index (χ1) is 23.3. The number of benzene rings is 8. The molecule has 2 aromatic heterocycles. The molecule has 0 fully saturated rings. The van der Waals surface area contributed by atoms with Gasteiger partial charge in [0.25, 0.3) is 0 Å². The van der Waals surface area contributed by atoms with Crippen molar-refractivity contribution in [3.63, 3.8) is 0 Å². The fraction of sp³-hybridized carbons (Fsp3) is 0. The van der Waals surface area contributed by atoms with Gasteiger partial charge in [0.2, 0.25) is 0 Å². The van der Waals surface area contributed by atoms with Crippen LogP contribution in [0.1, 0.15) is 0 Å². The fourth-order valence-electron chi connectivity index (χ4n) is 7.30. The first-order valence-electron chi connectivity index (χ1n) is 15.9.